The number of hydrogen-bond donors (Lipinski definition) is 1. The molecule has 0 spiro atoms. The normalized spacial score (nSPS) is 10.1. The molecule has 138 valence electrons. The lowest BCUT2D eigenvalue weighted by atomic mass is 10.2. The average molecular weight is 361 g/mol. The van der Waals surface area contributed by atoms with Crippen LogP contribution in [0.15, 0.2) is 48.5 Å². The summed E-state index contributed by atoms with van der Waals surface area (Å²) in [6.45, 7) is 2.47. The van der Waals surface area contributed by atoms with Gasteiger partial charge in [0.15, 0.2) is 0 Å². The molecule has 2 aromatic rings. The van der Waals surface area contributed by atoms with Gasteiger partial charge in [-0.3, -0.25) is 5.32 Å². The number of ether oxygens (including phenoxy) is 3. The first kappa shape index (κ1) is 19.2. The molecule has 2 aromatic carbocycles. The fourth-order valence-corrected chi connectivity index (χ4v) is 2.04. The number of nitrogens with one attached hydrogen (secondary N) is 1. The molecular formula is C19H20FNO5. The zero-order valence-corrected chi connectivity index (χ0v) is 14.4. The van der Waals surface area contributed by atoms with E-state index in [2.05, 4.69) is 5.32 Å². The maximum Gasteiger partial charge on any atom is 0.411 e. The molecule has 2 rings (SSSR count). The summed E-state index contributed by atoms with van der Waals surface area (Å²) in [6.07, 6.45) is -0.0971. The highest BCUT2D eigenvalue weighted by molar-refractivity contribution is 5.92. The van der Waals surface area contributed by atoms with E-state index in [1.54, 1.807) is 25.1 Å². The van der Waals surface area contributed by atoms with Gasteiger partial charge >= 0.3 is 12.1 Å². The van der Waals surface area contributed by atoms with Crippen molar-refractivity contribution in [2.75, 3.05) is 25.1 Å². The summed E-state index contributed by atoms with van der Waals surface area (Å²) in [6, 6.07) is 12.1. The minimum Gasteiger partial charge on any atom is -0.493 e. The van der Waals surface area contributed by atoms with Crippen LogP contribution in [0.1, 0.15) is 23.7 Å². The van der Waals surface area contributed by atoms with Crippen molar-refractivity contribution in [2.45, 2.75) is 13.3 Å². The molecule has 1 N–H and O–H groups in total. The fraction of sp³-hybridized carbons (Fsp3) is 0.263. The van der Waals surface area contributed by atoms with Crippen molar-refractivity contribution in [1.82, 2.24) is 0 Å². The molecule has 0 fully saturated rings. The number of carbonyl (C=O) groups excluding carboxylic acids is 2. The third-order valence-corrected chi connectivity index (χ3v) is 3.22. The third kappa shape index (κ3) is 6.43. The maximum absolute atomic E-state index is 12.8. The Morgan fingerprint density at radius 1 is 1.04 bits per heavy atom. The summed E-state index contributed by atoms with van der Waals surface area (Å²) in [5.41, 5.74) is 0.760. The van der Waals surface area contributed by atoms with Crippen LogP contribution < -0.4 is 10.1 Å². The molecule has 26 heavy (non-hydrogen) atoms. The van der Waals surface area contributed by atoms with Gasteiger partial charge in [0.25, 0.3) is 0 Å². The molecule has 0 aliphatic rings. The van der Waals surface area contributed by atoms with Gasteiger partial charge in [-0.05, 0) is 49.4 Å². The highest BCUT2D eigenvalue weighted by atomic mass is 19.1. The van der Waals surface area contributed by atoms with Crippen molar-refractivity contribution in [1.29, 1.82) is 0 Å². The average Bonchev–Trinajstić information content (AvgIpc) is 2.63. The van der Waals surface area contributed by atoms with Crippen LogP contribution in [0.5, 0.6) is 5.75 Å². The van der Waals surface area contributed by atoms with Gasteiger partial charge in [-0.1, -0.05) is 6.07 Å². The van der Waals surface area contributed by atoms with Crippen molar-refractivity contribution in [3.05, 3.63) is 59.9 Å². The Morgan fingerprint density at radius 2 is 1.81 bits per heavy atom. The lowest BCUT2D eigenvalue weighted by Gasteiger charge is -2.09. The molecule has 0 aliphatic heterocycles. The van der Waals surface area contributed by atoms with E-state index in [-0.39, 0.29) is 19.0 Å². The molecule has 0 saturated heterocycles. The molecule has 0 aliphatic carbocycles. The molecule has 0 saturated carbocycles. The number of rotatable bonds is 8. The Labute approximate surface area is 150 Å². The molecule has 6 nitrogen and oxygen atoms in total. The summed E-state index contributed by atoms with van der Waals surface area (Å²) in [5, 5.41) is 2.52. The number of halogens is 1. The van der Waals surface area contributed by atoms with Gasteiger partial charge in [0.2, 0.25) is 0 Å². The summed E-state index contributed by atoms with van der Waals surface area (Å²) in [5.74, 6) is -0.277. The van der Waals surface area contributed by atoms with Gasteiger partial charge in [0.05, 0.1) is 25.4 Å². The number of hydrogen-bond acceptors (Lipinski definition) is 5. The molecule has 0 aromatic heterocycles. The predicted octanol–water partition coefficient (Wildman–Crippen LogP) is 4.02. The van der Waals surface area contributed by atoms with E-state index in [0.29, 0.717) is 30.0 Å². The van der Waals surface area contributed by atoms with E-state index >= 15 is 0 Å². The standard InChI is InChI=1S/C19H20FNO5/c1-2-24-19(23)21-16-6-3-5-14(13-16)18(22)26-12-4-11-25-17-9-7-15(20)8-10-17/h3,5-10,13H,2,4,11-12H2,1H3,(H,21,23). The van der Waals surface area contributed by atoms with Crippen LogP contribution in [0.4, 0.5) is 14.9 Å². The van der Waals surface area contributed by atoms with Crippen LogP contribution in [0.25, 0.3) is 0 Å². The Bertz CT molecular complexity index is 733. The van der Waals surface area contributed by atoms with E-state index in [9.17, 15) is 14.0 Å². The molecule has 0 bridgehead atoms. The van der Waals surface area contributed by atoms with Crippen molar-refractivity contribution in [2.24, 2.45) is 0 Å². The van der Waals surface area contributed by atoms with Gasteiger partial charge in [-0.2, -0.15) is 0 Å². The molecule has 0 radical (unpaired) electrons. The van der Waals surface area contributed by atoms with Crippen LogP contribution in [0.2, 0.25) is 0 Å². The third-order valence-electron chi connectivity index (χ3n) is 3.22. The first-order valence-electron chi connectivity index (χ1n) is 8.18. The fourth-order valence-electron chi connectivity index (χ4n) is 2.04. The van der Waals surface area contributed by atoms with E-state index in [4.69, 9.17) is 14.2 Å². The quantitative estimate of drug-likeness (QED) is 0.568. The number of anilines is 1. The van der Waals surface area contributed by atoms with Crippen LogP contribution >= 0.6 is 0 Å². The zero-order chi connectivity index (χ0) is 18.8. The van der Waals surface area contributed by atoms with Gasteiger partial charge in [0.1, 0.15) is 11.6 Å². The largest absolute Gasteiger partial charge is 0.493 e. The van der Waals surface area contributed by atoms with Crippen LogP contribution in [0.3, 0.4) is 0 Å². The lowest BCUT2D eigenvalue weighted by Crippen LogP contribution is -2.14. The number of carbonyl (C=O) groups is 2. The van der Waals surface area contributed by atoms with Crippen molar-refractivity contribution < 1.29 is 28.2 Å². The van der Waals surface area contributed by atoms with Gasteiger partial charge in [-0.25, -0.2) is 14.0 Å². The minimum atomic E-state index is -0.587. The maximum atomic E-state index is 12.8. The summed E-state index contributed by atoms with van der Waals surface area (Å²) in [4.78, 5) is 23.4. The van der Waals surface area contributed by atoms with E-state index < -0.39 is 12.1 Å². The van der Waals surface area contributed by atoms with E-state index in [1.165, 1.54) is 30.3 Å². The van der Waals surface area contributed by atoms with Gasteiger partial charge < -0.3 is 14.2 Å². The predicted molar refractivity (Wildman–Crippen MR) is 93.9 cm³/mol. The van der Waals surface area contributed by atoms with Gasteiger partial charge in [0, 0.05) is 12.1 Å². The molecule has 7 heteroatoms. The highest BCUT2D eigenvalue weighted by Crippen LogP contribution is 2.13. The molecular weight excluding hydrogens is 341 g/mol. The zero-order valence-electron chi connectivity index (χ0n) is 14.4. The minimum absolute atomic E-state index is 0.176. The van der Waals surface area contributed by atoms with Crippen molar-refractivity contribution in [3.8, 4) is 5.75 Å². The Morgan fingerprint density at radius 3 is 2.54 bits per heavy atom. The summed E-state index contributed by atoms with van der Waals surface area (Å²) in [7, 11) is 0. The second kappa shape index (κ2) is 10.0. The van der Waals surface area contributed by atoms with Gasteiger partial charge in [-0.15, -0.1) is 0 Å². The summed E-state index contributed by atoms with van der Waals surface area (Å²) < 4.78 is 28.1. The first-order valence-corrected chi connectivity index (χ1v) is 8.18. The number of benzene rings is 2. The molecule has 0 atom stereocenters. The second-order valence-corrected chi connectivity index (χ2v) is 5.22. The smallest absolute Gasteiger partial charge is 0.411 e. The number of esters is 1. The molecule has 0 unspecified atom stereocenters. The first-order chi connectivity index (χ1) is 12.6. The van der Waals surface area contributed by atoms with E-state index in [1.807, 2.05) is 0 Å². The van der Waals surface area contributed by atoms with E-state index in [0.717, 1.165) is 0 Å². The Kier molecular flexibility index (Phi) is 7.42. The highest BCUT2D eigenvalue weighted by Gasteiger charge is 2.09. The van der Waals surface area contributed by atoms with Crippen molar-refractivity contribution in [3.63, 3.8) is 0 Å². The summed E-state index contributed by atoms with van der Waals surface area (Å²) >= 11 is 0. The van der Waals surface area contributed by atoms with Crippen LogP contribution in [0, 0.1) is 5.82 Å². The second-order valence-electron chi connectivity index (χ2n) is 5.22. The molecule has 1 amide bonds. The Hall–Kier alpha value is -3.09. The Balaban J connectivity index is 1.73. The van der Waals surface area contributed by atoms with Crippen molar-refractivity contribution >= 4 is 17.7 Å². The van der Waals surface area contributed by atoms with Crippen LogP contribution in [-0.4, -0.2) is 31.9 Å². The topological polar surface area (TPSA) is 73.9 Å². The van der Waals surface area contributed by atoms with Crippen LogP contribution in [-0.2, 0) is 9.47 Å². The lowest BCUT2D eigenvalue weighted by molar-refractivity contribution is 0.0486. The monoisotopic (exact) mass is 361 g/mol. The number of amides is 1. The molecule has 0 heterocycles. The SMILES string of the molecule is CCOC(=O)Nc1cccc(C(=O)OCCCOc2ccc(F)cc2)c1.